The molecule has 0 spiro atoms. The van der Waals surface area contributed by atoms with Crippen molar-refractivity contribution in [1.82, 2.24) is 5.32 Å². The topological polar surface area (TPSA) is 56.8 Å². The summed E-state index contributed by atoms with van der Waals surface area (Å²) < 4.78 is 16.2. The van der Waals surface area contributed by atoms with E-state index >= 15 is 0 Å². The summed E-state index contributed by atoms with van der Waals surface area (Å²) in [4.78, 5) is 11.4. The van der Waals surface area contributed by atoms with E-state index in [1.54, 1.807) is 49.4 Å². The van der Waals surface area contributed by atoms with Crippen LogP contribution >= 0.6 is 23.2 Å². The third kappa shape index (κ3) is 6.50. The van der Waals surface area contributed by atoms with Crippen LogP contribution in [0.15, 0.2) is 55.1 Å². The molecule has 2 aromatic rings. The molecule has 0 aromatic heterocycles. The first-order valence-corrected chi connectivity index (χ1v) is 8.66. The Bertz CT molecular complexity index is 767. The zero-order valence-corrected chi connectivity index (χ0v) is 15.7. The molecule has 138 valence electrons. The van der Waals surface area contributed by atoms with Gasteiger partial charge in [-0.3, -0.25) is 0 Å². The normalized spacial score (nSPS) is 11.3. The number of halogens is 2. The van der Waals surface area contributed by atoms with Gasteiger partial charge in [0.15, 0.2) is 0 Å². The molecular formula is C19H19Cl2NO4. The summed E-state index contributed by atoms with van der Waals surface area (Å²) in [6.45, 7) is 5.77. The predicted molar refractivity (Wildman–Crippen MR) is 103 cm³/mol. The van der Waals surface area contributed by atoms with Crippen LogP contribution in [0.2, 0.25) is 10.0 Å². The number of benzene rings is 2. The number of amides is 1. The predicted octanol–water partition coefficient (Wildman–Crippen LogP) is 5.47. The maximum Gasteiger partial charge on any atom is 0.407 e. The fourth-order valence-electron chi connectivity index (χ4n) is 1.90. The third-order valence-corrected chi connectivity index (χ3v) is 3.72. The molecule has 26 heavy (non-hydrogen) atoms. The molecule has 0 aliphatic carbocycles. The van der Waals surface area contributed by atoms with Crippen molar-refractivity contribution < 1.29 is 19.0 Å². The van der Waals surface area contributed by atoms with Crippen molar-refractivity contribution in [3.63, 3.8) is 0 Å². The average molecular weight is 396 g/mol. The molecule has 0 saturated carbocycles. The van der Waals surface area contributed by atoms with Crippen LogP contribution < -0.4 is 14.8 Å². The smallest absolute Gasteiger partial charge is 0.407 e. The second kappa shape index (κ2) is 9.94. The summed E-state index contributed by atoms with van der Waals surface area (Å²) in [5, 5.41) is 3.55. The van der Waals surface area contributed by atoms with Crippen LogP contribution in [0, 0.1) is 0 Å². The van der Waals surface area contributed by atoms with E-state index in [4.69, 9.17) is 37.4 Å². The molecule has 0 aliphatic heterocycles. The monoisotopic (exact) mass is 395 g/mol. The highest BCUT2D eigenvalue weighted by atomic mass is 35.5. The molecule has 0 bridgehead atoms. The minimum absolute atomic E-state index is 0.242. The van der Waals surface area contributed by atoms with E-state index in [9.17, 15) is 4.79 Å². The van der Waals surface area contributed by atoms with Gasteiger partial charge in [0.25, 0.3) is 0 Å². The Labute approximate surface area is 162 Å². The second-order valence-corrected chi connectivity index (χ2v) is 6.12. The average Bonchev–Trinajstić information content (AvgIpc) is 2.60. The van der Waals surface area contributed by atoms with Gasteiger partial charge in [-0.25, -0.2) is 4.79 Å². The van der Waals surface area contributed by atoms with Crippen molar-refractivity contribution in [2.24, 2.45) is 0 Å². The lowest BCUT2D eigenvalue weighted by Gasteiger charge is -2.12. The van der Waals surface area contributed by atoms with Crippen LogP contribution in [-0.2, 0) is 4.74 Å². The van der Waals surface area contributed by atoms with E-state index in [1.807, 2.05) is 0 Å². The van der Waals surface area contributed by atoms with Crippen LogP contribution in [0.3, 0.4) is 0 Å². The van der Waals surface area contributed by atoms with Crippen molar-refractivity contribution in [3.8, 4) is 17.2 Å². The molecule has 0 saturated heterocycles. The summed E-state index contributed by atoms with van der Waals surface area (Å²) in [5.41, 5.74) is 0. The number of alkyl carbamates (subject to hydrolysis) is 1. The second-order valence-electron chi connectivity index (χ2n) is 5.27. The van der Waals surface area contributed by atoms with Crippen molar-refractivity contribution in [2.75, 3.05) is 13.2 Å². The lowest BCUT2D eigenvalue weighted by Crippen LogP contribution is -2.30. The number of carbonyl (C=O) groups is 1. The number of hydrogen-bond donors (Lipinski definition) is 1. The Morgan fingerprint density at radius 2 is 2.00 bits per heavy atom. The molecule has 0 fully saturated rings. The van der Waals surface area contributed by atoms with Crippen molar-refractivity contribution in [1.29, 1.82) is 0 Å². The van der Waals surface area contributed by atoms with Crippen molar-refractivity contribution >= 4 is 29.3 Å². The van der Waals surface area contributed by atoms with Gasteiger partial charge in [-0.2, -0.15) is 0 Å². The summed E-state index contributed by atoms with van der Waals surface area (Å²) in [5.74, 6) is 1.66. The third-order valence-electron chi connectivity index (χ3n) is 3.19. The molecule has 0 heterocycles. The first-order valence-electron chi connectivity index (χ1n) is 7.90. The number of carbonyl (C=O) groups excluding carboxylic acids is 1. The molecule has 1 amide bonds. The van der Waals surface area contributed by atoms with Gasteiger partial charge in [0.2, 0.25) is 0 Å². The van der Waals surface area contributed by atoms with Crippen molar-refractivity contribution in [3.05, 3.63) is 65.2 Å². The number of nitrogens with one attached hydrogen (secondary N) is 1. The van der Waals surface area contributed by atoms with E-state index in [0.29, 0.717) is 27.3 Å². The Hall–Kier alpha value is -2.37. The fourth-order valence-corrected chi connectivity index (χ4v) is 2.31. The molecule has 2 aromatic carbocycles. The van der Waals surface area contributed by atoms with Crippen LogP contribution in [0.4, 0.5) is 4.79 Å². The van der Waals surface area contributed by atoms with E-state index in [2.05, 4.69) is 11.9 Å². The standard InChI is InChI=1S/C19H19Cl2NO4/c1-3-13(2)25-19(23)22-9-10-24-18-8-7-16(12-17(18)21)26-15-6-4-5-14(20)11-15/h3-8,11-13H,1,9-10H2,2H3,(H,22,23). The molecule has 1 atom stereocenters. The Kier molecular flexibility index (Phi) is 7.63. The maximum atomic E-state index is 11.4. The van der Waals surface area contributed by atoms with E-state index in [0.717, 1.165) is 0 Å². The first-order chi connectivity index (χ1) is 12.5. The molecular weight excluding hydrogens is 377 g/mol. The number of hydrogen-bond acceptors (Lipinski definition) is 4. The number of rotatable bonds is 8. The lowest BCUT2D eigenvalue weighted by molar-refractivity contribution is 0.125. The van der Waals surface area contributed by atoms with E-state index < -0.39 is 6.09 Å². The van der Waals surface area contributed by atoms with Gasteiger partial charge in [-0.1, -0.05) is 41.9 Å². The van der Waals surface area contributed by atoms with Gasteiger partial charge < -0.3 is 19.5 Å². The fraction of sp³-hybridized carbons (Fsp3) is 0.211. The molecule has 7 heteroatoms. The van der Waals surface area contributed by atoms with Gasteiger partial charge >= 0.3 is 6.09 Å². The first kappa shape index (κ1) is 19.9. The molecule has 5 nitrogen and oxygen atoms in total. The Morgan fingerprint density at radius 3 is 2.69 bits per heavy atom. The molecule has 2 rings (SSSR count). The summed E-state index contributed by atoms with van der Waals surface area (Å²) >= 11 is 12.1. The van der Waals surface area contributed by atoms with Crippen LogP contribution in [-0.4, -0.2) is 25.3 Å². The minimum atomic E-state index is -0.530. The Balaban J connectivity index is 1.82. The van der Waals surface area contributed by atoms with Gasteiger partial charge in [0, 0.05) is 11.1 Å². The minimum Gasteiger partial charge on any atom is -0.490 e. The van der Waals surface area contributed by atoms with E-state index in [-0.39, 0.29) is 19.3 Å². The van der Waals surface area contributed by atoms with Gasteiger partial charge in [-0.05, 0) is 37.3 Å². The number of ether oxygens (including phenoxy) is 3. The maximum absolute atomic E-state index is 11.4. The molecule has 0 radical (unpaired) electrons. The zero-order valence-electron chi connectivity index (χ0n) is 14.2. The van der Waals surface area contributed by atoms with Gasteiger partial charge in [0.1, 0.15) is 30.0 Å². The summed E-state index contributed by atoms with van der Waals surface area (Å²) in [7, 11) is 0. The van der Waals surface area contributed by atoms with Gasteiger partial charge in [-0.15, -0.1) is 0 Å². The zero-order chi connectivity index (χ0) is 18.9. The highest BCUT2D eigenvalue weighted by Gasteiger charge is 2.07. The lowest BCUT2D eigenvalue weighted by atomic mass is 10.3. The highest BCUT2D eigenvalue weighted by molar-refractivity contribution is 6.32. The van der Waals surface area contributed by atoms with Gasteiger partial charge in [0.05, 0.1) is 11.6 Å². The molecule has 0 aliphatic rings. The summed E-state index contributed by atoms with van der Waals surface area (Å²) in [6, 6.07) is 12.1. The summed E-state index contributed by atoms with van der Waals surface area (Å²) in [6.07, 6.45) is 0.651. The SMILES string of the molecule is C=CC(C)OC(=O)NCCOc1ccc(Oc2cccc(Cl)c2)cc1Cl. The van der Waals surface area contributed by atoms with Crippen LogP contribution in [0.25, 0.3) is 0 Å². The van der Waals surface area contributed by atoms with Crippen LogP contribution in [0.5, 0.6) is 17.2 Å². The largest absolute Gasteiger partial charge is 0.490 e. The molecule has 1 unspecified atom stereocenters. The Morgan fingerprint density at radius 1 is 1.23 bits per heavy atom. The van der Waals surface area contributed by atoms with Crippen LogP contribution in [0.1, 0.15) is 6.92 Å². The van der Waals surface area contributed by atoms with E-state index in [1.165, 1.54) is 6.08 Å². The molecule has 1 N–H and O–H groups in total. The van der Waals surface area contributed by atoms with Crippen molar-refractivity contribution in [2.45, 2.75) is 13.0 Å². The quantitative estimate of drug-likeness (QED) is 0.475. The highest BCUT2D eigenvalue weighted by Crippen LogP contribution is 2.31.